The minimum absolute atomic E-state index is 0.0477. The van der Waals surface area contributed by atoms with Gasteiger partial charge in [0.2, 0.25) is 11.8 Å². The maximum absolute atomic E-state index is 11.9. The number of hydrogen-bond acceptors (Lipinski definition) is 5. The fourth-order valence-electron chi connectivity index (χ4n) is 1.75. The van der Waals surface area contributed by atoms with Crippen LogP contribution in [0.25, 0.3) is 0 Å². The minimum Gasteiger partial charge on any atom is -0.394 e. The van der Waals surface area contributed by atoms with Gasteiger partial charge in [-0.25, -0.2) is 0 Å². The van der Waals surface area contributed by atoms with Gasteiger partial charge in [-0.1, -0.05) is 6.92 Å². The average molecular weight is 304 g/mol. The van der Waals surface area contributed by atoms with Crippen molar-refractivity contribution in [1.29, 1.82) is 0 Å². The molecule has 2 amide bonds. The second kappa shape index (κ2) is 8.49. The van der Waals surface area contributed by atoms with Crippen molar-refractivity contribution in [1.82, 2.24) is 10.2 Å². The van der Waals surface area contributed by atoms with Gasteiger partial charge < -0.3 is 20.1 Å². The molecule has 0 aromatic heterocycles. The normalized spacial score (nSPS) is 18.4. The molecule has 0 saturated carbocycles. The zero-order chi connectivity index (χ0) is 15.0. The Balaban J connectivity index is 2.22. The standard InChI is InChI=1S/C13H24N2O4S/c1-3-13(2,10-16)14-11(17)8-20-9-12(18)15-4-6-19-7-5-15/h16H,3-10H2,1-2H3,(H,14,17). The van der Waals surface area contributed by atoms with Crippen LogP contribution in [0.2, 0.25) is 0 Å². The summed E-state index contributed by atoms with van der Waals surface area (Å²) in [6.07, 6.45) is 0.659. The summed E-state index contributed by atoms with van der Waals surface area (Å²) in [6.45, 7) is 6.05. The van der Waals surface area contributed by atoms with Gasteiger partial charge in [-0.15, -0.1) is 11.8 Å². The van der Waals surface area contributed by atoms with Crippen molar-refractivity contribution < 1.29 is 19.4 Å². The van der Waals surface area contributed by atoms with Crippen molar-refractivity contribution in [3.05, 3.63) is 0 Å². The molecule has 1 atom stereocenters. The molecule has 0 spiro atoms. The highest BCUT2D eigenvalue weighted by molar-refractivity contribution is 8.00. The van der Waals surface area contributed by atoms with Crippen molar-refractivity contribution >= 4 is 23.6 Å². The number of hydrogen-bond donors (Lipinski definition) is 2. The van der Waals surface area contributed by atoms with E-state index >= 15 is 0 Å². The Hall–Kier alpha value is -0.790. The van der Waals surface area contributed by atoms with E-state index in [0.717, 1.165) is 0 Å². The second-order valence-electron chi connectivity index (χ2n) is 5.11. The molecular formula is C13H24N2O4S. The van der Waals surface area contributed by atoms with E-state index < -0.39 is 5.54 Å². The molecule has 0 aliphatic carbocycles. The number of nitrogens with zero attached hydrogens (tertiary/aromatic N) is 1. The maximum Gasteiger partial charge on any atom is 0.232 e. The number of carbonyl (C=O) groups is 2. The predicted octanol–water partition coefficient (Wildman–Crippen LogP) is -0.144. The Labute approximate surface area is 124 Å². The number of aliphatic hydroxyl groups excluding tert-OH is 1. The fraction of sp³-hybridized carbons (Fsp3) is 0.846. The van der Waals surface area contributed by atoms with E-state index in [2.05, 4.69) is 5.32 Å². The third-order valence-corrected chi connectivity index (χ3v) is 4.31. The smallest absolute Gasteiger partial charge is 0.232 e. The zero-order valence-electron chi connectivity index (χ0n) is 12.2. The molecule has 2 N–H and O–H groups in total. The molecule has 0 aromatic carbocycles. The van der Waals surface area contributed by atoms with Crippen molar-refractivity contribution in [2.75, 3.05) is 44.4 Å². The third kappa shape index (κ3) is 5.68. The number of morpholine rings is 1. The quantitative estimate of drug-likeness (QED) is 0.684. The molecule has 1 rings (SSSR count). The van der Waals surface area contributed by atoms with Crippen LogP contribution in [0, 0.1) is 0 Å². The lowest BCUT2D eigenvalue weighted by Gasteiger charge is -2.28. The predicted molar refractivity (Wildman–Crippen MR) is 78.6 cm³/mol. The molecule has 1 heterocycles. The summed E-state index contributed by atoms with van der Waals surface area (Å²) in [5, 5.41) is 12.0. The van der Waals surface area contributed by atoms with Gasteiger partial charge in [0, 0.05) is 13.1 Å². The van der Waals surface area contributed by atoms with E-state index in [4.69, 9.17) is 4.74 Å². The number of rotatable bonds is 7. The molecule has 20 heavy (non-hydrogen) atoms. The van der Waals surface area contributed by atoms with Gasteiger partial charge in [0.25, 0.3) is 0 Å². The number of aliphatic hydroxyl groups is 1. The Morgan fingerprint density at radius 2 is 2.00 bits per heavy atom. The molecule has 116 valence electrons. The number of ether oxygens (including phenoxy) is 1. The summed E-state index contributed by atoms with van der Waals surface area (Å²) in [5.74, 6) is 0.427. The van der Waals surface area contributed by atoms with Crippen molar-refractivity contribution in [2.45, 2.75) is 25.8 Å². The number of carbonyl (C=O) groups excluding carboxylic acids is 2. The van der Waals surface area contributed by atoms with E-state index in [1.54, 1.807) is 11.8 Å². The molecule has 6 nitrogen and oxygen atoms in total. The molecule has 1 saturated heterocycles. The highest BCUT2D eigenvalue weighted by Crippen LogP contribution is 2.09. The van der Waals surface area contributed by atoms with E-state index in [9.17, 15) is 14.7 Å². The van der Waals surface area contributed by atoms with Crippen molar-refractivity contribution in [3.8, 4) is 0 Å². The zero-order valence-corrected chi connectivity index (χ0v) is 13.0. The largest absolute Gasteiger partial charge is 0.394 e. The molecule has 0 aromatic rings. The Kier molecular flexibility index (Phi) is 7.32. The highest BCUT2D eigenvalue weighted by Gasteiger charge is 2.23. The summed E-state index contributed by atoms with van der Waals surface area (Å²) in [7, 11) is 0. The summed E-state index contributed by atoms with van der Waals surface area (Å²) >= 11 is 1.30. The first-order valence-corrected chi connectivity index (χ1v) is 8.01. The van der Waals surface area contributed by atoms with Crippen LogP contribution in [-0.2, 0) is 14.3 Å². The Morgan fingerprint density at radius 1 is 1.35 bits per heavy atom. The highest BCUT2D eigenvalue weighted by atomic mass is 32.2. The van der Waals surface area contributed by atoms with Crippen molar-refractivity contribution in [3.63, 3.8) is 0 Å². The van der Waals surface area contributed by atoms with Gasteiger partial charge in [0.1, 0.15) is 0 Å². The molecule has 1 unspecified atom stereocenters. The van der Waals surface area contributed by atoms with E-state index in [0.29, 0.717) is 38.5 Å². The van der Waals surface area contributed by atoms with Crippen LogP contribution >= 0.6 is 11.8 Å². The van der Waals surface area contributed by atoms with E-state index in [1.165, 1.54) is 11.8 Å². The Morgan fingerprint density at radius 3 is 2.55 bits per heavy atom. The van der Waals surface area contributed by atoms with Crippen LogP contribution in [-0.4, -0.2) is 71.8 Å². The van der Waals surface area contributed by atoms with Crippen LogP contribution in [0.5, 0.6) is 0 Å². The van der Waals surface area contributed by atoms with Gasteiger partial charge in [-0.2, -0.15) is 0 Å². The van der Waals surface area contributed by atoms with Crippen LogP contribution in [0.1, 0.15) is 20.3 Å². The van der Waals surface area contributed by atoms with Crippen LogP contribution in [0.4, 0.5) is 0 Å². The monoisotopic (exact) mass is 304 g/mol. The minimum atomic E-state index is -0.578. The molecule has 0 bridgehead atoms. The molecule has 1 aliphatic heterocycles. The van der Waals surface area contributed by atoms with Gasteiger partial charge in [-0.3, -0.25) is 9.59 Å². The summed E-state index contributed by atoms with van der Waals surface area (Å²) in [6, 6.07) is 0. The third-order valence-electron chi connectivity index (χ3n) is 3.39. The number of thioether (sulfide) groups is 1. The van der Waals surface area contributed by atoms with E-state index in [1.807, 2.05) is 6.92 Å². The van der Waals surface area contributed by atoms with E-state index in [-0.39, 0.29) is 24.2 Å². The van der Waals surface area contributed by atoms with Gasteiger partial charge in [-0.05, 0) is 13.3 Å². The first kappa shape index (κ1) is 17.3. The summed E-state index contributed by atoms with van der Waals surface area (Å²) < 4.78 is 5.18. The van der Waals surface area contributed by atoms with Crippen LogP contribution < -0.4 is 5.32 Å². The number of nitrogens with one attached hydrogen (secondary N) is 1. The van der Waals surface area contributed by atoms with Gasteiger partial charge >= 0.3 is 0 Å². The lowest BCUT2D eigenvalue weighted by molar-refractivity contribution is -0.132. The lowest BCUT2D eigenvalue weighted by atomic mass is 10.0. The van der Waals surface area contributed by atoms with Crippen LogP contribution in [0.3, 0.4) is 0 Å². The maximum atomic E-state index is 11.9. The molecule has 1 fully saturated rings. The topological polar surface area (TPSA) is 78.9 Å². The lowest BCUT2D eigenvalue weighted by Crippen LogP contribution is -2.49. The first-order chi connectivity index (χ1) is 9.50. The molecular weight excluding hydrogens is 280 g/mol. The Bertz CT molecular complexity index is 328. The van der Waals surface area contributed by atoms with Crippen molar-refractivity contribution in [2.24, 2.45) is 0 Å². The SMILES string of the molecule is CCC(C)(CO)NC(=O)CSCC(=O)N1CCOCC1. The first-order valence-electron chi connectivity index (χ1n) is 6.86. The summed E-state index contributed by atoms with van der Waals surface area (Å²) in [4.78, 5) is 25.4. The van der Waals surface area contributed by atoms with Gasteiger partial charge in [0.15, 0.2) is 0 Å². The molecule has 0 radical (unpaired) electrons. The molecule has 7 heteroatoms. The number of amides is 2. The van der Waals surface area contributed by atoms with Gasteiger partial charge in [0.05, 0.1) is 36.9 Å². The summed E-state index contributed by atoms with van der Waals surface area (Å²) in [5.41, 5.74) is -0.578. The second-order valence-corrected chi connectivity index (χ2v) is 6.09. The average Bonchev–Trinajstić information content (AvgIpc) is 2.47. The molecule has 1 aliphatic rings. The van der Waals surface area contributed by atoms with Crippen LogP contribution in [0.15, 0.2) is 0 Å². The fourth-order valence-corrected chi connectivity index (χ4v) is 2.46.